The second-order valence-electron chi connectivity index (χ2n) is 18.1. The second kappa shape index (κ2) is 29.2. The van der Waals surface area contributed by atoms with Gasteiger partial charge in [0.15, 0.2) is 5.96 Å². The van der Waals surface area contributed by atoms with Crippen molar-refractivity contribution in [2.75, 3.05) is 19.6 Å². The number of carbonyl (C=O) groups is 7. The van der Waals surface area contributed by atoms with Gasteiger partial charge in [0.2, 0.25) is 35.4 Å². The Bertz CT molecular complexity index is 2430. The maximum absolute atomic E-state index is 14.7. The van der Waals surface area contributed by atoms with Crippen molar-refractivity contribution in [3.8, 4) is 0 Å². The van der Waals surface area contributed by atoms with E-state index in [2.05, 4.69) is 62.8 Å². The summed E-state index contributed by atoms with van der Waals surface area (Å²) in [5, 5.41) is 56.1. The number of fused-ring (bicyclic) bond motifs is 1. The van der Waals surface area contributed by atoms with Crippen molar-refractivity contribution >= 4 is 58.3 Å². The molecule has 23 nitrogen and oxygen atoms in total. The lowest BCUT2D eigenvalue weighted by Crippen LogP contribution is -2.61. The van der Waals surface area contributed by atoms with E-state index in [9.17, 15) is 43.8 Å². The largest absolute Gasteiger partial charge is 0.480 e. The first-order chi connectivity index (χ1) is 35.1. The molecular formula is C50H72N14O9. The van der Waals surface area contributed by atoms with Gasteiger partial charge < -0.3 is 68.4 Å². The molecule has 2 aromatic carbocycles. The number of rotatable bonds is 18. The van der Waals surface area contributed by atoms with Crippen LogP contribution in [-0.2, 0) is 52.8 Å². The SMILES string of the molecule is CCCC[C@H](NCC)C(=O)N[C@H]1CCC(=O)NCCC[C@@H](C(=O)O)NC(=O)[C@H](Cc2c[nH]c3ccccc23)NC(O)[C@H](CCCNC(=N)N)NC(=O)[C@@H](Cc2ccccc2)NC(=O)[C@H](Cc2c[nH]cn2)NC1=O. The maximum Gasteiger partial charge on any atom is 0.326 e. The molecule has 1 aliphatic heterocycles. The van der Waals surface area contributed by atoms with E-state index >= 15 is 0 Å². The number of para-hydroxylation sites is 1. The van der Waals surface area contributed by atoms with E-state index in [0.717, 1.165) is 23.7 Å². The Morgan fingerprint density at radius 2 is 1.56 bits per heavy atom. The molecule has 16 N–H and O–H groups in total. The number of aromatic amines is 2. The van der Waals surface area contributed by atoms with Crippen LogP contribution in [0.25, 0.3) is 10.9 Å². The molecule has 1 aliphatic rings. The molecule has 2 aromatic heterocycles. The zero-order valence-electron chi connectivity index (χ0n) is 41.4. The molecule has 0 radical (unpaired) electrons. The molecule has 1 saturated heterocycles. The van der Waals surface area contributed by atoms with Crippen molar-refractivity contribution < 1.29 is 43.8 Å². The number of likely N-dealkylation sites (N-methyl/N-ethyl adjacent to an activating group) is 1. The Balaban J connectivity index is 1.54. The molecule has 396 valence electrons. The highest BCUT2D eigenvalue weighted by molar-refractivity contribution is 5.95. The normalized spacial score (nSPS) is 22.7. The van der Waals surface area contributed by atoms with Crippen LogP contribution >= 0.6 is 0 Å². The number of nitrogens with zero attached hydrogens (tertiary/aromatic N) is 1. The zero-order valence-corrected chi connectivity index (χ0v) is 41.4. The molecule has 23 heteroatoms. The van der Waals surface area contributed by atoms with Gasteiger partial charge in [0.25, 0.3) is 0 Å². The van der Waals surface area contributed by atoms with Crippen molar-refractivity contribution in [3.05, 3.63) is 90.1 Å². The number of aromatic nitrogens is 3. The molecule has 5 rings (SSSR count). The molecule has 0 spiro atoms. The highest BCUT2D eigenvalue weighted by Crippen LogP contribution is 2.20. The van der Waals surface area contributed by atoms with Crippen LogP contribution in [0.5, 0.6) is 0 Å². The van der Waals surface area contributed by atoms with E-state index in [1.54, 1.807) is 42.7 Å². The number of hydrogen-bond donors (Lipinski definition) is 15. The van der Waals surface area contributed by atoms with Gasteiger partial charge >= 0.3 is 5.97 Å². The summed E-state index contributed by atoms with van der Waals surface area (Å²) >= 11 is 0. The first-order valence-corrected chi connectivity index (χ1v) is 25.0. The van der Waals surface area contributed by atoms with Crippen LogP contribution < -0.4 is 53.6 Å². The van der Waals surface area contributed by atoms with Gasteiger partial charge in [-0.1, -0.05) is 75.2 Å². The predicted octanol–water partition coefficient (Wildman–Crippen LogP) is -0.174. The Hall–Kier alpha value is -7.37. The van der Waals surface area contributed by atoms with Crippen LogP contribution in [0.3, 0.4) is 0 Å². The molecular weight excluding hydrogens is 941 g/mol. The fourth-order valence-electron chi connectivity index (χ4n) is 8.58. The van der Waals surface area contributed by atoms with Crippen molar-refractivity contribution in [1.82, 2.24) is 62.8 Å². The minimum absolute atomic E-state index is 0.00682. The fraction of sp³-hybridized carbons (Fsp3) is 0.500. The van der Waals surface area contributed by atoms with E-state index in [1.165, 1.54) is 6.33 Å². The average Bonchev–Trinajstić information content (AvgIpc) is 4.05. The van der Waals surface area contributed by atoms with E-state index in [1.807, 2.05) is 38.1 Å². The van der Waals surface area contributed by atoms with Crippen LogP contribution in [0.4, 0.5) is 0 Å². The number of carboxylic acids is 1. The average molecular weight is 1010 g/mol. The molecule has 0 bridgehead atoms. The quantitative estimate of drug-likeness (QED) is 0.0350. The highest BCUT2D eigenvalue weighted by Gasteiger charge is 2.35. The first kappa shape index (κ1) is 56.5. The molecule has 8 atom stereocenters. The van der Waals surface area contributed by atoms with E-state index in [0.29, 0.717) is 29.8 Å². The summed E-state index contributed by atoms with van der Waals surface area (Å²) in [4.78, 5) is 108. The third-order valence-corrected chi connectivity index (χ3v) is 12.5. The minimum Gasteiger partial charge on any atom is -0.480 e. The summed E-state index contributed by atoms with van der Waals surface area (Å²) in [6.07, 6.45) is 4.66. The third kappa shape index (κ3) is 18.3. The summed E-state index contributed by atoms with van der Waals surface area (Å²) < 4.78 is 0. The lowest BCUT2D eigenvalue weighted by Gasteiger charge is -2.31. The molecule has 1 unspecified atom stereocenters. The Kier molecular flexibility index (Phi) is 22.6. The Labute approximate surface area is 424 Å². The summed E-state index contributed by atoms with van der Waals surface area (Å²) in [5.41, 5.74) is 8.03. The number of benzene rings is 2. The van der Waals surface area contributed by atoms with Crippen molar-refractivity contribution in [1.29, 1.82) is 5.41 Å². The van der Waals surface area contributed by atoms with Gasteiger partial charge in [-0.15, -0.1) is 0 Å². The van der Waals surface area contributed by atoms with Gasteiger partial charge in [0.1, 0.15) is 30.4 Å². The number of nitrogens with two attached hydrogens (primary N) is 1. The molecule has 4 aromatic rings. The summed E-state index contributed by atoms with van der Waals surface area (Å²) in [6.45, 7) is 4.48. The Morgan fingerprint density at radius 1 is 0.849 bits per heavy atom. The lowest BCUT2D eigenvalue weighted by molar-refractivity contribution is -0.142. The standard InChI is InChI=1S/C50H72N14O9/c1-3-5-16-35(54-4-2)43(66)60-37-20-21-42(65)55-22-12-19-38(49(72)73)61-47(70)40(25-31-27-57-34-17-10-9-15-33(31)34)63-44(67)36(18-11-23-56-50(51)52)59-46(69)39(24-30-13-7-6-8-14-30)62-48(71)41(64-45(37)68)26-32-28-53-29-58-32/h6-10,13-15,17,27-29,35-41,44,54,57,63,67H,3-5,11-12,16,18-26H2,1-2H3,(H,53,58)(H,55,65)(H,59,69)(H,60,66)(H,61,70)(H,62,71)(H,64,68)(H,72,73)(H4,51,52,56)/t35-,36-,37-,38-,39+,40-,41-,44?/m0/s1. The number of H-pyrrole nitrogens is 2. The van der Waals surface area contributed by atoms with Crippen LogP contribution in [0.1, 0.15) is 88.5 Å². The van der Waals surface area contributed by atoms with Gasteiger partial charge in [-0.2, -0.15) is 0 Å². The topological polar surface area (TPSA) is 363 Å². The molecule has 73 heavy (non-hydrogen) atoms. The first-order valence-electron chi connectivity index (χ1n) is 25.0. The van der Waals surface area contributed by atoms with Crippen LogP contribution in [0, 0.1) is 5.41 Å². The Morgan fingerprint density at radius 3 is 2.27 bits per heavy atom. The monoisotopic (exact) mass is 1010 g/mol. The van der Waals surface area contributed by atoms with E-state index in [4.69, 9.17) is 11.1 Å². The van der Waals surface area contributed by atoms with Crippen LogP contribution in [-0.4, -0.2) is 141 Å². The lowest BCUT2D eigenvalue weighted by atomic mass is 10.0. The number of carboxylic acid groups (broad SMARTS) is 1. The number of aliphatic hydroxyl groups excluding tert-OH is 1. The van der Waals surface area contributed by atoms with Crippen molar-refractivity contribution in [2.24, 2.45) is 5.73 Å². The molecule has 1 fully saturated rings. The predicted molar refractivity (Wildman–Crippen MR) is 272 cm³/mol. The van der Waals surface area contributed by atoms with Gasteiger partial charge in [-0.3, -0.25) is 39.5 Å². The van der Waals surface area contributed by atoms with Crippen LogP contribution in [0.15, 0.2) is 73.3 Å². The number of amides is 6. The number of nitrogens with one attached hydrogen (secondary N) is 12. The van der Waals surface area contributed by atoms with Gasteiger partial charge in [-0.25, -0.2) is 9.78 Å². The molecule has 0 aliphatic carbocycles. The van der Waals surface area contributed by atoms with Crippen molar-refractivity contribution in [3.63, 3.8) is 0 Å². The second-order valence-corrected chi connectivity index (χ2v) is 18.1. The summed E-state index contributed by atoms with van der Waals surface area (Å²) in [7, 11) is 0. The summed E-state index contributed by atoms with van der Waals surface area (Å²) in [5.74, 6) is -5.69. The number of unbranched alkanes of at least 4 members (excludes halogenated alkanes) is 1. The number of aliphatic carboxylic acids is 1. The van der Waals surface area contributed by atoms with E-state index in [-0.39, 0.29) is 76.8 Å². The molecule has 6 amide bonds. The summed E-state index contributed by atoms with van der Waals surface area (Å²) in [6, 6.07) is 7.68. The smallest absolute Gasteiger partial charge is 0.326 e. The molecule has 3 heterocycles. The fourth-order valence-corrected chi connectivity index (χ4v) is 8.58. The minimum atomic E-state index is -1.66. The maximum atomic E-state index is 14.7. The van der Waals surface area contributed by atoms with Gasteiger partial charge in [0, 0.05) is 55.6 Å². The zero-order chi connectivity index (χ0) is 52.7. The van der Waals surface area contributed by atoms with Crippen molar-refractivity contribution in [2.45, 2.75) is 139 Å². The van der Waals surface area contributed by atoms with Crippen LogP contribution in [0.2, 0.25) is 0 Å². The van der Waals surface area contributed by atoms with E-state index < -0.39 is 89.9 Å². The highest BCUT2D eigenvalue weighted by atomic mass is 16.4. The van der Waals surface area contributed by atoms with Gasteiger partial charge in [0.05, 0.1) is 30.1 Å². The number of aliphatic hydroxyl groups is 1. The number of hydrogen-bond acceptors (Lipinski definition) is 12. The number of guanidine groups is 1. The number of carbonyl (C=O) groups excluding carboxylic acids is 6. The molecule has 0 saturated carbocycles. The number of imidazole rings is 1. The third-order valence-electron chi connectivity index (χ3n) is 12.5. The van der Waals surface area contributed by atoms with Gasteiger partial charge in [-0.05, 0) is 68.7 Å².